The molecule has 2 aliphatic rings. The number of hydrogen-bond donors (Lipinski definition) is 0. The van der Waals surface area contributed by atoms with Crippen molar-refractivity contribution < 1.29 is 14.1 Å². The molecule has 4 rings (SSSR count). The van der Waals surface area contributed by atoms with Gasteiger partial charge in [0.2, 0.25) is 5.89 Å². The van der Waals surface area contributed by atoms with Gasteiger partial charge in [-0.2, -0.15) is 4.98 Å². The second-order valence-electron chi connectivity index (χ2n) is 7.25. The van der Waals surface area contributed by atoms with Crippen LogP contribution in [0.25, 0.3) is 0 Å². The summed E-state index contributed by atoms with van der Waals surface area (Å²) in [6, 6.07) is 7.76. The summed E-state index contributed by atoms with van der Waals surface area (Å²) in [5, 5.41) is 3.82. The molecule has 0 spiro atoms. The summed E-state index contributed by atoms with van der Waals surface area (Å²) < 4.78 is 10.9. The van der Waals surface area contributed by atoms with Gasteiger partial charge < -0.3 is 14.2 Å². The van der Waals surface area contributed by atoms with Crippen LogP contribution in [0, 0.1) is 6.92 Å². The molecule has 1 atom stereocenters. The van der Waals surface area contributed by atoms with Gasteiger partial charge in [0.05, 0.1) is 17.4 Å². The largest absolute Gasteiger partial charge is 0.377 e. The minimum atomic E-state index is 0.0987. The van der Waals surface area contributed by atoms with E-state index in [-0.39, 0.29) is 5.91 Å². The number of rotatable bonds is 6. The highest BCUT2D eigenvalue weighted by Crippen LogP contribution is 2.27. The van der Waals surface area contributed by atoms with Gasteiger partial charge in [0.25, 0.3) is 5.91 Å². The van der Waals surface area contributed by atoms with Crippen molar-refractivity contribution in [3.8, 4) is 0 Å². The molecular weight excluding hydrogens is 376 g/mol. The third-order valence-electron chi connectivity index (χ3n) is 5.18. The van der Waals surface area contributed by atoms with E-state index >= 15 is 0 Å². The zero-order valence-corrected chi connectivity index (χ0v) is 17.0. The first-order chi connectivity index (χ1) is 13.7. The molecule has 8 heteroatoms. The molecule has 1 unspecified atom stereocenters. The highest BCUT2D eigenvalue weighted by atomic mass is 32.2. The molecule has 2 saturated heterocycles. The number of carbonyl (C=O) groups is 1. The first-order valence-electron chi connectivity index (χ1n) is 9.83. The smallest absolute Gasteiger partial charge is 0.255 e. The number of ether oxygens (including phenoxy) is 1. The van der Waals surface area contributed by atoms with Gasteiger partial charge in [-0.3, -0.25) is 9.69 Å². The van der Waals surface area contributed by atoms with Gasteiger partial charge in [-0.25, -0.2) is 0 Å². The van der Waals surface area contributed by atoms with E-state index in [0.717, 1.165) is 56.2 Å². The van der Waals surface area contributed by atoms with Crippen molar-refractivity contribution in [3.05, 3.63) is 41.5 Å². The van der Waals surface area contributed by atoms with E-state index in [2.05, 4.69) is 15.0 Å². The van der Waals surface area contributed by atoms with Gasteiger partial charge >= 0.3 is 0 Å². The Labute approximate surface area is 169 Å². The van der Waals surface area contributed by atoms with Crippen LogP contribution >= 0.6 is 11.8 Å². The molecule has 2 fully saturated rings. The van der Waals surface area contributed by atoms with Gasteiger partial charge in [0.1, 0.15) is 0 Å². The Morgan fingerprint density at radius 1 is 1.25 bits per heavy atom. The van der Waals surface area contributed by atoms with Gasteiger partial charge in [-0.1, -0.05) is 17.3 Å². The zero-order chi connectivity index (χ0) is 19.3. The lowest BCUT2D eigenvalue weighted by Gasteiger charge is -2.36. The Balaban J connectivity index is 1.34. The van der Waals surface area contributed by atoms with Crippen LogP contribution in [-0.2, 0) is 10.5 Å². The summed E-state index contributed by atoms with van der Waals surface area (Å²) in [6.45, 7) is 7.00. The van der Waals surface area contributed by atoms with E-state index in [9.17, 15) is 4.79 Å². The van der Waals surface area contributed by atoms with Crippen molar-refractivity contribution in [1.82, 2.24) is 19.9 Å². The predicted molar refractivity (Wildman–Crippen MR) is 106 cm³/mol. The Hall–Kier alpha value is -1.90. The molecule has 1 amide bonds. The van der Waals surface area contributed by atoms with Crippen LogP contribution in [0.3, 0.4) is 0 Å². The highest BCUT2D eigenvalue weighted by molar-refractivity contribution is 7.98. The van der Waals surface area contributed by atoms with Crippen LogP contribution in [0.1, 0.15) is 34.9 Å². The first-order valence-corrected chi connectivity index (χ1v) is 10.8. The summed E-state index contributed by atoms with van der Waals surface area (Å²) in [5.41, 5.74) is 0.747. The second-order valence-corrected chi connectivity index (χ2v) is 8.27. The lowest BCUT2D eigenvalue weighted by molar-refractivity contribution is 0.0431. The minimum absolute atomic E-state index is 0.0987. The van der Waals surface area contributed by atoms with E-state index in [1.54, 1.807) is 18.7 Å². The molecule has 1 aromatic carbocycles. The minimum Gasteiger partial charge on any atom is -0.377 e. The topological polar surface area (TPSA) is 71.7 Å². The third kappa shape index (κ3) is 4.74. The SMILES string of the molecule is Cc1noc(CSc2ccccc2C(=O)N2CCN(CC3CCCO3)CC2)n1. The fraction of sp³-hybridized carbons (Fsp3) is 0.550. The fourth-order valence-electron chi connectivity index (χ4n) is 3.69. The Bertz CT molecular complexity index is 798. The van der Waals surface area contributed by atoms with E-state index in [1.807, 2.05) is 29.2 Å². The maximum Gasteiger partial charge on any atom is 0.255 e. The van der Waals surface area contributed by atoms with Gasteiger partial charge in [0, 0.05) is 44.2 Å². The van der Waals surface area contributed by atoms with Crippen LogP contribution in [0.15, 0.2) is 33.7 Å². The van der Waals surface area contributed by atoms with Crippen LogP contribution in [-0.4, -0.2) is 71.3 Å². The van der Waals surface area contributed by atoms with Gasteiger partial charge in [-0.15, -0.1) is 11.8 Å². The summed E-state index contributed by atoms with van der Waals surface area (Å²) in [6.07, 6.45) is 2.69. The van der Waals surface area contributed by atoms with Crippen molar-refractivity contribution in [2.45, 2.75) is 36.5 Å². The van der Waals surface area contributed by atoms with Crippen LogP contribution in [0.5, 0.6) is 0 Å². The Kier molecular flexibility index (Phi) is 6.29. The van der Waals surface area contributed by atoms with E-state index < -0.39 is 0 Å². The monoisotopic (exact) mass is 402 g/mol. The van der Waals surface area contributed by atoms with Crippen molar-refractivity contribution >= 4 is 17.7 Å². The molecule has 7 nitrogen and oxygen atoms in total. The van der Waals surface area contributed by atoms with Crippen LogP contribution < -0.4 is 0 Å². The summed E-state index contributed by atoms with van der Waals surface area (Å²) >= 11 is 1.56. The van der Waals surface area contributed by atoms with Gasteiger partial charge in [0.15, 0.2) is 5.82 Å². The number of aryl methyl sites for hydroxylation is 1. The van der Waals surface area contributed by atoms with E-state index in [0.29, 0.717) is 23.6 Å². The second kappa shape index (κ2) is 9.07. The number of amides is 1. The first kappa shape index (κ1) is 19.4. The Morgan fingerprint density at radius 3 is 2.79 bits per heavy atom. The number of carbonyl (C=O) groups excluding carboxylic acids is 1. The van der Waals surface area contributed by atoms with Gasteiger partial charge in [-0.05, 0) is 31.9 Å². The molecule has 28 heavy (non-hydrogen) atoms. The molecule has 150 valence electrons. The van der Waals surface area contributed by atoms with Crippen molar-refractivity contribution in [2.75, 3.05) is 39.3 Å². The lowest BCUT2D eigenvalue weighted by Crippen LogP contribution is -2.50. The average Bonchev–Trinajstić information content (AvgIpc) is 3.38. The lowest BCUT2D eigenvalue weighted by atomic mass is 10.1. The van der Waals surface area contributed by atoms with Crippen molar-refractivity contribution in [1.29, 1.82) is 0 Å². The number of benzene rings is 1. The maximum absolute atomic E-state index is 13.1. The van der Waals surface area contributed by atoms with Crippen molar-refractivity contribution in [3.63, 3.8) is 0 Å². The molecule has 0 N–H and O–H groups in total. The maximum atomic E-state index is 13.1. The highest BCUT2D eigenvalue weighted by Gasteiger charge is 2.26. The molecule has 0 bridgehead atoms. The molecule has 0 saturated carbocycles. The number of aromatic nitrogens is 2. The fourth-order valence-corrected chi connectivity index (χ4v) is 4.57. The Morgan fingerprint density at radius 2 is 2.07 bits per heavy atom. The average molecular weight is 403 g/mol. The quantitative estimate of drug-likeness (QED) is 0.688. The number of piperazine rings is 1. The predicted octanol–water partition coefficient (Wildman–Crippen LogP) is 2.61. The van der Waals surface area contributed by atoms with Crippen molar-refractivity contribution in [2.24, 2.45) is 0 Å². The molecule has 0 radical (unpaired) electrons. The zero-order valence-electron chi connectivity index (χ0n) is 16.2. The molecule has 0 aliphatic carbocycles. The summed E-state index contributed by atoms with van der Waals surface area (Å²) in [7, 11) is 0. The van der Waals surface area contributed by atoms with Crippen LogP contribution in [0.2, 0.25) is 0 Å². The molecule has 1 aromatic heterocycles. The van der Waals surface area contributed by atoms with Crippen LogP contribution in [0.4, 0.5) is 0 Å². The molecular formula is C20H26N4O3S. The molecule has 2 aliphatic heterocycles. The number of hydrogen-bond acceptors (Lipinski definition) is 7. The summed E-state index contributed by atoms with van der Waals surface area (Å²) in [5.74, 6) is 1.86. The standard InChI is InChI=1S/C20H26N4O3S/c1-15-21-19(27-22-15)14-28-18-7-3-2-6-17(18)20(25)24-10-8-23(9-11-24)13-16-5-4-12-26-16/h2-3,6-7,16H,4-5,8-14H2,1H3. The van der Waals surface area contributed by atoms with E-state index in [1.165, 1.54) is 6.42 Å². The molecule has 3 heterocycles. The number of nitrogens with zero attached hydrogens (tertiary/aromatic N) is 4. The van der Waals surface area contributed by atoms with E-state index in [4.69, 9.17) is 9.26 Å². The molecule has 2 aromatic rings. The summed E-state index contributed by atoms with van der Waals surface area (Å²) in [4.78, 5) is 22.7. The third-order valence-corrected chi connectivity index (χ3v) is 6.24. The number of thioether (sulfide) groups is 1. The normalized spacial score (nSPS) is 20.6.